The lowest BCUT2D eigenvalue weighted by molar-refractivity contribution is -0.137. The highest BCUT2D eigenvalue weighted by Gasteiger charge is 2.30. The van der Waals surface area contributed by atoms with E-state index in [1.807, 2.05) is 17.0 Å². The molecule has 2 aliphatic rings. The molecule has 1 aromatic carbocycles. The van der Waals surface area contributed by atoms with E-state index in [4.69, 9.17) is 16.3 Å². The first-order valence-electron chi connectivity index (χ1n) is 8.00. The highest BCUT2D eigenvalue weighted by molar-refractivity contribution is 6.30. The van der Waals surface area contributed by atoms with Crippen molar-refractivity contribution in [2.24, 2.45) is 5.92 Å². The topological polar surface area (TPSA) is 49.9 Å². The Kier molecular flexibility index (Phi) is 4.76. The van der Waals surface area contributed by atoms with Gasteiger partial charge in [0.1, 0.15) is 12.4 Å². The van der Waals surface area contributed by atoms with Gasteiger partial charge in [-0.25, -0.2) is 0 Å². The average molecular weight is 337 g/mol. The van der Waals surface area contributed by atoms with Gasteiger partial charge in [0, 0.05) is 38.1 Å². The SMILES string of the molecule is CC(=O)N1CCCN(C(=O)C2COc3ccc(Cl)cc3C2)CC1. The summed E-state index contributed by atoms with van der Waals surface area (Å²) in [5.41, 5.74) is 0.988. The summed E-state index contributed by atoms with van der Waals surface area (Å²) in [5.74, 6) is 0.826. The Morgan fingerprint density at radius 1 is 1.17 bits per heavy atom. The Morgan fingerprint density at radius 2 is 1.91 bits per heavy atom. The van der Waals surface area contributed by atoms with Gasteiger partial charge in [0.25, 0.3) is 0 Å². The van der Waals surface area contributed by atoms with Gasteiger partial charge in [-0.15, -0.1) is 0 Å². The summed E-state index contributed by atoms with van der Waals surface area (Å²) >= 11 is 6.03. The first kappa shape index (κ1) is 16.1. The number of halogens is 1. The van der Waals surface area contributed by atoms with Crippen LogP contribution in [0.3, 0.4) is 0 Å². The molecule has 5 nitrogen and oxygen atoms in total. The number of ether oxygens (including phenoxy) is 1. The van der Waals surface area contributed by atoms with E-state index in [0.29, 0.717) is 37.7 Å². The zero-order valence-corrected chi connectivity index (χ0v) is 14.0. The van der Waals surface area contributed by atoms with Crippen molar-refractivity contribution in [2.75, 3.05) is 32.8 Å². The number of amides is 2. The summed E-state index contributed by atoms with van der Waals surface area (Å²) in [6.07, 6.45) is 1.48. The molecule has 1 unspecified atom stereocenters. The Labute approximate surface area is 141 Å². The fourth-order valence-corrected chi connectivity index (χ4v) is 3.43. The van der Waals surface area contributed by atoms with Gasteiger partial charge in [-0.3, -0.25) is 9.59 Å². The predicted octanol–water partition coefficient (Wildman–Crippen LogP) is 1.97. The molecule has 0 radical (unpaired) electrons. The first-order chi connectivity index (χ1) is 11.0. The van der Waals surface area contributed by atoms with E-state index in [2.05, 4.69) is 0 Å². The third kappa shape index (κ3) is 3.61. The molecular formula is C17H21ClN2O3. The van der Waals surface area contributed by atoms with E-state index < -0.39 is 0 Å². The van der Waals surface area contributed by atoms with Gasteiger partial charge >= 0.3 is 0 Å². The van der Waals surface area contributed by atoms with Crippen LogP contribution in [0.4, 0.5) is 0 Å². The van der Waals surface area contributed by atoms with Gasteiger partial charge in [-0.1, -0.05) is 11.6 Å². The fourth-order valence-electron chi connectivity index (χ4n) is 3.23. The Balaban J connectivity index is 1.66. The van der Waals surface area contributed by atoms with Crippen LogP contribution in [0.1, 0.15) is 18.9 Å². The average Bonchev–Trinajstić information content (AvgIpc) is 2.79. The van der Waals surface area contributed by atoms with Crippen LogP contribution in [-0.4, -0.2) is 54.4 Å². The number of rotatable bonds is 1. The quantitative estimate of drug-likeness (QED) is 0.788. The van der Waals surface area contributed by atoms with Crippen molar-refractivity contribution < 1.29 is 14.3 Å². The van der Waals surface area contributed by atoms with Crippen LogP contribution in [0.25, 0.3) is 0 Å². The second-order valence-electron chi connectivity index (χ2n) is 6.15. The van der Waals surface area contributed by atoms with Crippen molar-refractivity contribution in [3.63, 3.8) is 0 Å². The molecule has 3 rings (SSSR count). The van der Waals surface area contributed by atoms with Gasteiger partial charge in [0.2, 0.25) is 11.8 Å². The lowest BCUT2D eigenvalue weighted by Crippen LogP contribution is -2.43. The molecule has 1 fully saturated rings. The molecule has 0 N–H and O–H groups in total. The van der Waals surface area contributed by atoms with Gasteiger partial charge in [-0.05, 0) is 36.6 Å². The highest BCUT2D eigenvalue weighted by Crippen LogP contribution is 2.30. The minimum atomic E-state index is -0.176. The molecule has 124 valence electrons. The molecule has 23 heavy (non-hydrogen) atoms. The number of hydrogen-bond donors (Lipinski definition) is 0. The van der Waals surface area contributed by atoms with Gasteiger partial charge in [-0.2, -0.15) is 0 Å². The van der Waals surface area contributed by atoms with E-state index >= 15 is 0 Å². The lowest BCUT2D eigenvalue weighted by Gasteiger charge is -2.29. The van der Waals surface area contributed by atoms with Crippen LogP contribution in [-0.2, 0) is 16.0 Å². The van der Waals surface area contributed by atoms with Crippen molar-refractivity contribution in [3.8, 4) is 5.75 Å². The Bertz CT molecular complexity index is 620. The van der Waals surface area contributed by atoms with Gasteiger partial charge in [0.15, 0.2) is 0 Å². The molecule has 1 saturated heterocycles. The highest BCUT2D eigenvalue weighted by atomic mass is 35.5. The normalized spacial score (nSPS) is 21.2. The second-order valence-corrected chi connectivity index (χ2v) is 6.59. The van der Waals surface area contributed by atoms with Crippen LogP contribution in [0.5, 0.6) is 5.75 Å². The molecule has 1 atom stereocenters. The monoisotopic (exact) mass is 336 g/mol. The van der Waals surface area contributed by atoms with Gasteiger partial charge < -0.3 is 14.5 Å². The number of fused-ring (bicyclic) bond motifs is 1. The standard InChI is InChI=1S/C17H21ClN2O3/c1-12(21)19-5-2-6-20(8-7-19)17(22)14-9-13-10-15(18)3-4-16(13)23-11-14/h3-4,10,14H,2,5-9,11H2,1H3. The van der Waals surface area contributed by atoms with E-state index in [-0.39, 0.29) is 17.7 Å². The second kappa shape index (κ2) is 6.79. The number of carbonyl (C=O) groups is 2. The predicted molar refractivity (Wildman–Crippen MR) is 87.6 cm³/mol. The van der Waals surface area contributed by atoms with E-state index in [1.165, 1.54) is 0 Å². The number of nitrogens with zero attached hydrogens (tertiary/aromatic N) is 2. The third-order valence-corrected chi connectivity index (χ3v) is 4.77. The molecule has 2 amide bonds. The first-order valence-corrected chi connectivity index (χ1v) is 8.38. The molecule has 0 bridgehead atoms. The molecule has 2 heterocycles. The summed E-state index contributed by atoms with van der Waals surface area (Å²) < 4.78 is 5.72. The molecule has 0 saturated carbocycles. The maximum Gasteiger partial charge on any atom is 0.229 e. The zero-order valence-electron chi connectivity index (χ0n) is 13.3. The molecule has 0 aromatic heterocycles. The summed E-state index contributed by atoms with van der Waals surface area (Å²) in [4.78, 5) is 27.9. The van der Waals surface area contributed by atoms with E-state index in [9.17, 15) is 9.59 Å². The maximum absolute atomic E-state index is 12.8. The smallest absolute Gasteiger partial charge is 0.229 e. The molecule has 1 aromatic rings. The van der Waals surface area contributed by atoms with Crippen molar-refractivity contribution in [1.29, 1.82) is 0 Å². The number of carbonyl (C=O) groups excluding carboxylic acids is 2. The zero-order chi connectivity index (χ0) is 16.4. The molecule has 6 heteroatoms. The van der Waals surface area contributed by atoms with E-state index in [0.717, 1.165) is 24.3 Å². The van der Waals surface area contributed by atoms with Crippen LogP contribution >= 0.6 is 11.6 Å². The minimum absolute atomic E-state index is 0.0730. The van der Waals surface area contributed by atoms with Crippen molar-refractivity contribution in [1.82, 2.24) is 9.80 Å². The van der Waals surface area contributed by atoms with E-state index in [1.54, 1.807) is 17.9 Å². The van der Waals surface area contributed by atoms with Crippen molar-refractivity contribution in [3.05, 3.63) is 28.8 Å². The van der Waals surface area contributed by atoms with Crippen molar-refractivity contribution >= 4 is 23.4 Å². The van der Waals surface area contributed by atoms with Crippen LogP contribution < -0.4 is 4.74 Å². The summed E-state index contributed by atoms with van der Waals surface area (Å²) in [6.45, 7) is 4.60. The fraction of sp³-hybridized carbons (Fsp3) is 0.529. The summed E-state index contributed by atoms with van der Waals surface area (Å²) in [7, 11) is 0. The van der Waals surface area contributed by atoms with Crippen LogP contribution in [0, 0.1) is 5.92 Å². The summed E-state index contributed by atoms with van der Waals surface area (Å²) in [5, 5.41) is 0.660. The largest absolute Gasteiger partial charge is 0.492 e. The van der Waals surface area contributed by atoms with Crippen LogP contribution in [0.2, 0.25) is 5.02 Å². The molecular weight excluding hydrogens is 316 g/mol. The molecule has 0 aliphatic carbocycles. The Morgan fingerprint density at radius 3 is 2.70 bits per heavy atom. The molecule has 2 aliphatic heterocycles. The minimum Gasteiger partial charge on any atom is -0.492 e. The summed E-state index contributed by atoms with van der Waals surface area (Å²) in [6, 6.07) is 5.53. The maximum atomic E-state index is 12.8. The third-order valence-electron chi connectivity index (χ3n) is 4.53. The number of hydrogen-bond acceptors (Lipinski definition) is 3. The van der Waals surface area contributed by atoms with Crippen molar-refractivity contribution in [2.45, 2.75) is 19.8 Å². The molecule has 0 spiro atoms. The lowest BCUT2D eigenvalue weighted by atomic mass is 9.95. The van der Waals surface area contributed by atoms with Crippen LogP contribution in [0.15, 0.2) is 18.2 Å². The van der Waals surface area contributed by atoms with Gasteiger partial charge in [0.05, 0.1) is 5.92 Å². The Hall–Kier alpha value is -1.75. The number of benzene rings is 1.